The summed E-state index contributed by atoms with van der Waals surface area (Å²) in [6, 6.07) is 13.4. The van der Waals surface area contributed by atoms with Gasteiger partial charge < -0.3 is 9.26 Å². The van der Waals surface area contributed by atoms with Gasteiger partial charge in [-0.15, -0.1) is 0 Å². The van der Waals surface area contributed by atoms with E-state index in [2.05, 4.69) is 15.5 Å². The van der Waals surface area contributed by atoms with Crippen LogP contribution in [-0.4, -0.2) is 37.3 Å². The van der Waals surface area contributed by atoms with Crippen LogP contribution in [0.15, 0.2) is 57.9 Å². The third-order valence-electron chi connectivity index (χ3n) is 4.20. The van der Waals surface area contributed by atoms with E-state index < -0.39 is 15.7 Å². The summed E-state index contributed by atoms with van der Waals surface area (Å²) in [6.45, 7) is 2.48. The van der Waals surface area contributed by atoms with Gasteiger partial charge in [-0.1, -0.05) is 16.5 Å². The van der Waals surface area contributed by atoms with Gasteiger partial charge in [0.1, 0.15) is 5.75 Å². The molecule has 0 fully saturated rings. The van der Waals surface area contributed by atoms with Crippen molar-refractivity contribution in [3.63, 3.8) is 0 Å². The van der Waals surface area contributed by atoms with Crippen molar-refractivity contribution >= 4 is 42.4 Å². The molecule has 2 heterocycles. The normalized spacial score (nSPS) is 11.5. The number of hydrogen-bond acceptors (Lipinski definition) is 8. The van der Waals surface area contributed by atoms with Crippen LogP contribution in [0.1, 0.15) is 17.4 Å². The average molecular weight is 444 g/mol. The molecule has 1 amide bonds. The first-order valence-corrected chi connectivity index (χ1v) is 11.7. The zero-order valence-electron chi connectivity index (χ0n) is 16.1. The Hall–Kier alpha value is -3.24. The molecular formula is C20H17N3O5S2. The molecule has 4 rings (SSSR count). The van der Waals surface area contributed by atoms with E-state index in [0.717, 1.165) is 17.6 Å². The Kier molecular flexibility index (Phi) is 5.27. The van der Waals surface area contributed by atoms with Crippen LogP contribution in [0.4, 0.5) is 5.13 Å². The lowest BCUT2D eigenvalue weighted by Gasteiger charge is -2.02. The number of nitrogens with one attached hydrogen (secondary N) is 1. The van der Waals surface area contributed by atoms with Crippen LogP contribution in [0, 0.1) is 0 Å². The topological polar surface area (TPSA) is 111 Å². The van der Waals surface area contributed by atoms with E-state index in [0.29, 0.717) is 27.7 Å². The van der Waals surface area contributed by atoms with Crippen molar-refractivity contribution in [2.75, 3.05) is 18.2 Å². The van der Waals surface area contributed by atoms with E-state index in [1.54, 1.807) is 12.1 Å². The Labute approximate surface area is 176 Å². The van der Waals surface area contributed by atoms with Gasteiger partial charge in [-0.05, 0) is 49.4 Å². The zero-order chi connectivity index (χ0) is 21.3. The number of nitrogens with zero attached hydrogens (tertiary/aromatic N) is 2. The summed E-state index contributed by atoms with van der Waals surface area (Å²) in [5, 5.41) is 6.84. The monoisotopic (exact) mass is 443 g/mol. The molecule has 154 valence electrons. The minimum Gasteiger partial charge on any atom is -0.494 e. The fourth-order valence-electron chi connectivity index (χ4n) is 2.75. The van der Waals surface area contributed by atoms with Gasteiger partial charge in [0.15, 0.2) is 26.4 Å². The molecule has 0 atom stereocenters. The van der Waals surface area contributed by atoms with Gasteiger partial charge in [0, 0.05) is 17.9 Å². The first-order chi connectivity index (χ1) is 14.3. The molecule has 10 heteroatoms. The molecule has 8 nitrogen and oxygen atoms in total. The number of thiazole rings is 1. The largest absolute Gasteiger partial charge is 0.494 e. The van der Waals surface area contributed by atoms with Crippen LogP contribution in [0.5, 0.6) is 5.75 Å². The number of amides is 1. The van der Waals surface area contributed by atoms with E-state index in [-0.39, 0.29) is 10.6 Å². The average Bonchev–Trinajstić information content (AvgIpc) is 3.34. The van der Waals surface area contributed by atoms with Gasteiger partial charge >= 0.3 is 0 Å². The molecule has 0 aliphatic rings. The number of carbonyl (C=O) groups excluding carboxylic acids is 1. The Morgan fingerprint density at radius 3 is 2.63 bits per heavy atom. The summed E-state index contributed by atoms with van der Waals surface area (Å²) < 4.78 is 34.8. The standard InChI is InChI=1S/C20H17N3O5S2/c1-3-27-13-6-4-12(5-7-13)17-11-16(23-28-17)19(24)22-20-21-15-9-8-14(30(2,25)26)10-18(15)29-20/h4-11H,3H2,1-2H3,(H,21,22,24). The smallest absolute Gasteiger partial charge is 0.279 e. The van der Waals surface area contributed by atoms with Crippen LogP contribution in [0.3, 0.4) is 0 Å². The zero-order valence-corrected chi connectivity index (χ0v) is 17.7. The third kappa shape index (κ3) is 4.19. The second-order valence-corrected chi connectivity index (χ2v) is 9.46. The third-order valence-corrected chi connectivity index (χ3v) is 6.24. The Bertz CT molecular complexity index is 1320. The first kappa shape index (κ1) is 20.0. The molecule has 2 aromatic heterocycles. The molecule has 0 radical (unpaired) electrons. The molecule has 0 aliphatic carbocycles. The predicted octanol–water partition coefficient (Wildman–Crippen LogP) is 4.01. The molecular weight excluding hydrogens is 426 g/mol. The van der Waals surface area contributed by atoms with E-state index in [1.165, 1.54) is 23.5 Å². The lowest BCUT2D eigenvalue weighted by molar-refractivity contribution is 0.101. The summed E-state index contributed by atoms with van der Waals surface area (Å²) in [4.78, 5) is 17.0. The number of rotatable bonds is 6. The van der Waals surface area contributed by atoms with E-state index in [1.807, 2.05) is 31.2 Å². The highest BCUT2D eigenvalue weighted by atomic mass is 32.2. The van der Waals surface area contributed by atoms with Crippen LogP contribution in [0.25, 0.3) is 21.5 Å². The highest BCUT2D eigenvalue weighted by Crippen LogP contribution is 2.29. The number of ether oxygens (including phenoxy) is 1. The lowest BCUT2D eigenvalue weighted by Crippen LogP contribution is -2.11. The van der Waals surface area contributed by atoms with Crippen molar-refractivity contribution in [2.45, 2.75) is 11.8 Å². The van der Waals surface area contributed by atoms with Gasteiger partial charge in [-0.3, -0.25) is 10.1 Å². The van der Waals surface area contributed by atoms with Gasteiger partial charge in [0.05, 0.1) is 21.7 Å². The summed E-state index contributed by atoms with van der Waals surface area (Å²) >= 11 is 1.18. The number of aromatic nitrogens is 2. The van der Waals surface area contributed by atoms with Gasteiger partial charge in [0.25, 0.3) is 5.91 Å². The maximum Gasteiger partial charge on any atom is 0.279 e. The van der Waals surface area contributed by atoms with Gasteiger partial charge in [-0.25, -0.2) is 13.4 Å². The van der Waals surface area contributed by atoms with Crippen LogP contribution in [0.2, 0.25) is 0 Å². The van der Waals surface area contributed by atoms with Crippen LogP contribution < -0.4 is 10.1 Å². The number of sulfone groups is 1. The second kappa shape index (κ2) is 7.88. The number of hydrogen-bond donors (Lipinski definition) is 1. The SMILES string of the molecule is CCOc1ccc(-c2cc(C(=O)Nc3nc4ccc(S(C)(=O)=O)cc4s3)no2)cc1. The second-order valence-electron chi connectivity index (χ2n) is 6.41. The van der Waals surface area contributed by atoms with E-state index in [4.69, 9.17) is 9.26 Å². The van der Waals surface area contributed by atoms with Crippen molar-refractivity contribution in [2.24, 2.45) is 0 Å². The van der Waals surface area contributed by atoms with Crippen LogP contribution >= 0.6 is 11.3 Å². The minimum absolute atomic E-state index is 0.106. The Morgan fingerprint density at radius 1 is 1.17 bits per heavy atom. The number of carbonyl (C=O) groups is 1. The number of benzene rings is 2. The van der Waals surface area contributed by atoms with Gasteiger partial charge in [0.2, 0.25) is 0 Å². The highest BCUT2D eigenvalue weighted by molar-refractivity contribution is 7.90. The molecule has 0 saturated heterocycles. The van der Waals surface area contributed by atoms with Crippen molar-refractivity contribution in [1.29, 1.82) is 0 Å². The minimum atomic E-state index is -3.32. The summed E-state index contributed by atoms with van der Waals surface area (Å²) in [5.41, 5.74) is 1.46. The molecule has 0 saturated carbocycles. The molecule has 0 aliphatic heterocycles. The molecule has 0 unspecified atom stereocenters. The van der Waals surface area contributed by atoms with Crippen molar-refractivity contribution in [1.82, 2.24) is 10.1 Å². The first-order valence-electron chi connectivity index (χ1n) is 8.95. The summed E-state index contributed by atoms with van der Waals surface area (Å²) in [7, 11) is -3.32. The Balaban J connectivity index is 1.51. The van der Waals surface area contributed by atoms with Crippen molar-refractivity contribution in [3.05, 3.63) is 54.2 Å². The lowest BCUT2D eigenvalue weighted by atomic mass is 10.1. The quantitative estimate of drug-likeness (QED) is 0.479. The molecule has 1 N–H and O–H groups in total. The molecule has 2 aromatic carbocycles. The predicted molar refractivity (Wildman–Crippen MR) is 114 cm³/mol. The number of fused-ring (bicyclic) bond motifs is 1. The maximum absolute atomic E-state index is 12.5. The van der Waals surface area contributed by atoms with E-state index in [9.17, 15) is 13.2 Å². The Morgan fingerprint density at radius 2 is 1.93 bits per heavy atom. The maximum atomic E-state index is 12.5. The summed E-state index contributed by atoms with van der Waals surface area (Å²) in [5.74, 6) is 0.720. The van der Waals surface area contributed by atoms with Gasteiger partial charge in [-0.2, -0.15) is 0 Å². The summed E-state index contributed by atoms with van der Waals surface area (Å²) in [6.07, 6.45) is 1.14. The highest BCUT2D eigenvalue weighted by Gasteiger charge is 2.17. The molecule has 0 spiro atoms. The molecule has 0 bridgehead atoms. The number of anilines is 1. The van der Waals surface area contributed by atoms with Crippen LogP contribution in [-0.2, 0) is 9.84 Å². The fourth-order valence-corrected chi connectivity index (χ4v) is 4.37. The fraction of sp³-hybridized carbons (Fsp3) is 0.150. The van der Waals surface area contributed by atoms with E-state index >= 15 is 0 Å². The van der Waals surface area contributed by atoms with Crippen molar-refractivity contribution in [3.8, 4) is 17.1 Å². The van der Waals surface area contributed by atoms with Crippen molar-refractivity contribution < 1.29 is 22.5 Å². The molecule has 30 heavy (non-hydrogen) atoms. The molecule has 4 aromatic rings.